The van der Waals surface area contributed by atoms with Gasteiger partial charge in [-0.3, -0.25) is 4.79 Å². The van der Waals surface area contributed by atoms with Crippen molar-refractivity contribution in [2.45, 2.75) is 19.1 Å². The summed E-state index contributed by atoms with van der Waals surface area (Å²) in [6, 6.07) is 7.70. The van der Waals surface area contributed by atoms with Gasteiger partial charge in [0, 0.05) is 6.54 Å². The van der Waals surface area contributed by atoms with Gasteiger partial charge in [-0.25, -0.2) is 9.78 Å². The number of para-hydroxylation sites is 2. The summed E-state index contributed by atoms with van der Waals surface area (Å²) in [5, 5.41) is 0. The van der Waals surface area contributed by atoms with E-state index in [2.05, 4.69) is 9.72 Å². The minimum Gasteiger partial charge on any atom is -0.462 e. The number of nitrogens with zero attached hydrogens (tertiary/aromatic N) is 2. The molecule has 0 saturated carbocycles. The fraction of sp³-hybridized carbons (Fsp3) is 0.357. The number of aryl methyl sites for hydroxylation is 1. The number of fused-ring (bicyclic) bond motifs is 1. The molecule has 7 nitrogen and oxygen atoms in total. The van der Waals surface area contributed by atoms with Crippen molar-refractivity contribution in [3.63, 3.8) is 0 Å². The van der Waals surface area contributed by atoms with Crippen molar-refractivity contribution in [3.05, 3.63) is 30.6 Å². The first kappa shape index (κ1) is 13.4. The Kier molecular flexibility index (Phi) is 3.72. The van der Waals surface area contributed by atoms with E-state index in [1.165, 1.54) is 0 Å². The minimum atomic E-state index is -0.721. The molecule has 3 rings (SSSR count). The highest BCUT2D eigenvalue weighted by molar-refractivity contribution is 5.75. The van der Waals surface area contributed by atoms with Gasteiger partial charge in [-0.1, -0.05) is 12.1 Å². The Bertz CT molecular complexity index is 666. The maximum absolute atomic E-state index is 11.7. The van der Waals surface area contributed by atoms with Crippen LogP contribution in [0, 0.1) is 0 Å². The molecule has 1 saturated heterocycles. The van der Waals surface area contributed by atoms with Gasteiger partial charge in [0.15, 0.2) is 6.10 Å². The van der Waals surface area contributed by atoms with Crippen LogP contribution in [-0.2, 0) is 25.5 Å². The predicted octanol–water partition coefficient (Wildman–Crippen LogP) is 1.50. The van der Waals surface area contributed by atoms with Crippen molar-refractivity contribution in [1.29, 1.82) is 0 Å². The number of carbonyl (C=O) groups excluding carboxylic acids is 2. The summed E-state index contributed by atoms with van der Waals surface area (Å²) in [6.07, 6.45) is 0.698. The Balaban J connectivity index is 1.48. The zero-order valence-corrected chi connectivity index (χ0v) is 11.2. The van der Waals surface area contributed by atoms with Gasteiger partial charge >= 0.3 is 12.1 Å². The van der Waals surface area contributed by atoms with Crippen LogP contribution in [0.15, 0.2) is 30.6 Å². The van der Waals surface area contributed by atoms with Crippen molar-refractivity contribution in [1.82, 2.24) is 9.55 Å². The van der Waals surface area contributed by atoms with E-state index in [1.807, 2.05) is 28.8 Å². The van der Waals surface area contributed by atoms with Crippen LogP contribution in [0.4, 0.5) is 4.79 Å². The SMILES string of the molecule is O=C(CCn1cnc2ccccc21)OCC1COC(=O)O1. The maximum atomic E-state index is 11.7. The number of cyclic esters (lactones) is 2. The molecule has 1 aliphatic rings. The monoisotopic (exact) mass is 290 g/mol. The number of rotatable bonds is 5. The lowest BCUT2D eigenvalue weighted by atomic mass is 10.3. The number of ether oxygens (including phenoxy) is 3. The summed E-state index contributed by atoms with van der Waals surface area (Å²) < 4.78 is 16.3. The first-order chi connectivity index (χ1) is 10.2. The molecule has 0 spiro atoms. The van der Waals surface area contributed by atoms with Crippen LogP contribution in [0.5, 0.6) is 0 Å². The van der Waals surface area contributed by atoms with E-state index in [0.717, 1.165) is 11.0 Å². The number of esters is 1. The van der Waals surface area contributed by atoms with Gasteiger partial charge in [0.05, 0.1) is 23.8 Å². The van der Waals surface area contributed by atoms with Crippen molar-refractivity contribution in [2.24, 2.45) is 0 Å². The van der Waals surface area contributed by atoms with Crippen molar-refractivity contribution >= 4 is 23.2 Å². The Morgan fingerprint density at radius 3 is 3.10 bits per heavy atom. The van der Waals surface area contributed by atoms with E-state index in [0.29, 0.717) is 6.54 Å². The molecule has 1 aromatic heterocycles. The summed E-state index contributed by atoms with van der Waals surface area (Å²) in [5.41, 5.74) is 1.87. The lowest BCUT2D eigenvalue weighted by Gasteiger charge is -2.08. The number of hydrogen-bond donors (Lipinski definition) is 0. The third kappa shape index (κ3) is 3.13. The Labute approximate surface area is 120 Å². The number of hydrogen-bond acceptors (Lipinski definition) is 6. The average Bonchev–Trinajstić information content (AvgIpc) is 3.09. The molecule has 21 heavy (non-hydrogen) atoms. The van der Waals surface area contributed by atoms with Gasteiger partial charge in [0.2, 0.25) is 0 Å². The molecular formula is C14H14N2O5. The van der Waals surface area contributed by atoms with Crippen LogP contribution in [0.3, 0.4) is 0 Å². The van der Waals surface area contributed by atoms with Gasteiger partial charge in [0.25, 0.3) is 0 Å². The van der Waals surface area contributed by atoms with E-state index < -0.39 is 12.3 Å². The molecule has 1 aromatic carbocycles. The normalized spacial score (nSPS) is 17.5. The number of imidazole rings is 1. The van der Waals surface area contributed by atoms with Gasteiger partial charge in [-0.15, -0.1) is 0 Å². The van der Waals surface area contributed by atoms with Crippen LogP contribution in [0.2, 0.25) is 0 Å². The number of carbonyl (C=O) groups is 2. The highest BCUT2D eigenvalue weighted by Gasteiger charge is 2.26. The Morgan fingerprint density at radius 1 is 1.43 bits per heavy atom. The van der Waals surface area contributed by atoms with Crippen LogP contribution < -0.4 is 0 Å². The molecule has 2 heterocycles. The molecule has 0 radical (unpaired) electrons. The standard InChI is InChI=1S/C14H14N2O5/c17-13(19-7-10-8-20-14(18)21-10)5-6-16-9-15-11-3-1-2-4-12(11)16/h1-4,9-10H,5-8H2. The van der Waals surface area contributed by atoms with Crippen LogP contribution in [-0.4, -0.2) is 41.0 Å². The number of benzene rings is 1. The fourth-order valence-electron chi connectivity index (χ4n) is 2.11. The van der Waals surface area contributed by atoms with Crippen molar-refractivity contribution in [3.8, 4) is 0 Å². The predicted molar refractivity (Wildman–Crippen MR) is 71.5 cm³/mol. The lowest BCUT2D eigenvalue weighted by molar-refractivity contribution is -0.146. The Morgan fingerprint density at radius 2 is 2.29 bits per heavy atom. The average molecular weight is 290 g/mol. The highest BCUT2D eigenvalue weighted by atomic mass is 16.8. The summed E-state index contributed by atoms with van der Waals surface area (Å²) >= 11 is 0. The molecule has 0 N–H and O–H groups in total. The van der Waals surface area contributed by atoms with Crippen molar-refractivity contribution < 1.29 is 23.8 Å². The molecule has 110 valence electrons. The molecule has 1 fully saturated rings. The lowest BCUT2D eigenvalue weighted by Crippen LogP contribution is -2.21. The fourth-order valence-corrected chi connectivity index (χ4v) is 2.11. The van der Waals surface area contributed by atoms with Gasteiger partial charge in [0.1, 0.15) is 13.2 Å². The second kappa shape index (κ2) is 5.82. The Hall–Kier alpha value is -2.57. The third-order valence-corrected chi connectivity index (χ3v) is 3.16. The second-order valence-corrected chi connectivity index (χ2v) is 4.66. The van der Waals surface area contributed by atoms with Gasteiger partial charge < -0.3 is 18.8 Å². The minimum absolute atomic E-state index is 0.0231. The summed E-state index contributed by atoms with van der Waals surface area (Å²) in [7, 11) is 0. The van der Waals surface area contributed by atoms with Crippen LogP contribution in [0.1, 0.15) is 6.42 Å². The molecule has 1 unspecified atom stereocenters. The topological polar surface area (TPSA) is 79.7 Å². The molecular weight excluding hydrogens is 276 g/mol. The van der Waals surface area contributed by atoms with E-state index >= 15 is 0 Å². The first-order valence-electron chi connectivity index (χ1n) is 6.61. The smallest absolute Gasteiger partial charge is 0.462 e. The van der Waals surface area contributed by atoms with Gasteiger partial charge in [-0.05, 0) is 12.1 Å². The van der Waals surface area contributed by atoms with Crippen LogP contribution in [0.25, 0.3) is 11.0 Å². The van der Waals surface area contributed by atoms with E-state index in [4.69, 9.17) is 9.47 Å². The van der Waals surface area contributed by atoms with E-state index in [-0.39, 0.29) is 25.6 Å². The first-order valence-corrected chi connectivity index (χ1v) is 6.61. The summed E-state index contributed by atoms with van der Waals surface area (Å²) in [6.45, 7) is 0.633. The summed E-state index contributed by atoms with van der Waals surface area (Å²) in [4.78, 5) is 26.6. The highest BCUT2D eigenvalue weighted by Crippen LogP contribution is 2.12. The zero-order chi connectivity index (χ0) is 14.7. The molecule has 1 atom stereocenters. The molecule has 7 heteroatoms. The zero-order valence-electron chi connectivity index (χ0n) is 11.2. The number of aromatic nitrogens is 2. The maximum Gasteiger partial charge on any atom is 0.508 e. The molecule has 0 aliphatic carbocycles. The molecule has 1 aliphatic heterocycles. The van der Waals surface area contributed by atoms with Crippen molar-refractivity contribution in [2.75, 3.05) is 13.2 Å². The van der Waals surface area contributed by atoms with Gasteiger partial charge in [-0.2, -0.15) is 0 Å². The molecule has 0 amide bonds. The van der Waals surface area contributed by atoms with E-state index in [1.54, 1.807) is 6.33 Å². The third-order valence-electron chi connectivity index (χ3n) is 3.16. The molecule has 2 aromatic rings. The quantitative estimate of drug-likeness (QED) is 0.776. The molecule has 0 bridgehead atoms. The van der Waals surface area contributed by atoms with E-state index in [9.17, 15) is 9.59 Å². The largest absolute Gasteiger partial charge is 0.508 e. The van der Waals surface area contributed by atoms with Crippen LogP contribution >= 0.6 is 0 Å². The summed E-state index contributed by atoms with van der Waals surface area (Å²) in [5.74, 6) is -0.351. The second-order valence-electron chi connectivity index (χ2n) is 4.66.